The predicted molar refractivity (Wildman–Crippen MR) is 36.5 cm³/mol. The summed E-state index contributed by atoms with van der Waals surface area (Å²) in [6.45, 7) is 4.29. The molecule has 0 saturated carbocycles. The Morgan fingerprint density at radius 1 is 1.83 bits per heavy atom. The van der Waals surface area contributed by atoms with E-state index < -0.39 is 0 Å². The molecule has 1 unspecified atom stereocenters. The second-order valence-electron chi connectivity index (χ2n) is 0.998. The minimum absolute atomic E-state index is 0.627. The summed E-state index contributed by atoms with van der Waals surface area (Å²) < 4.78 is 0.627. The number of alkyl halides is 1. The summed E-state index contributed by atoms with van der Waals surface area (Å²) in [5.74, 6) is 1.20. The standard InChI is InChI=1S/C4H9BrS/c1-3-6-4(2)5/h4H,3H2,1-2H3. The van der Waals surface area contributed by atoms with Crippen molar-refractivity contribution in [2.45, 2.75) is 18.0 Å². The zero-order valence-corrected chi connectivity index (χ0v) is 6.47. The van der Waals surface area contributed by atoms with Gasteiger partial charge in [0, 0.05) is 0 Å². The maximum absolute atomic E-state index is 3.40. The van der Waals surface area contributed by atoms with Crippen LogP contribution in [0.4, 0.5) is 0 Å². The number of hydrogen-bond acceptors (Lipinski definition) is 1. The molecule has 0 aliphatic rings. The molecule has 0 rings (SSSR count). The highest BCUT2D eigenvalue weighted by Gasteiger charge is 1.87. The first kappa shape index (κ1) is 6.83. The average Bonchev–Trinajstić information content (AvgIpc) is 1.35. The molecule has 0 aromatic heterocycles. The molecule has 2 heteroatoms. The average molecular weight is 169 g/mol. The molecule has 0 saturated heterocycles. The van der Waals surface area contributed by atoms with Crippen molar-refractivity contribution in [3.8, 4) is 0 Å². The van der Waals surface area contributed by atoms with E-state index in [1.807, 2.05) is 11.8 Å². The molecule has 0 bridgehead atoms. The van der Waals surface area contributed by atoms with Crippen LogP contribution in [0.2, 0.25) is 0 Å². The molecule has 0 spiro atoms. The molecule has 1 atom stereocenters. The van der Waals surface area contributed by atoms with E-state index in [0.717, 1.165) is 0 Å². The van der Waals surface area contributed by atoms with Gasteiger partial charge in [-0.15, -0.1) is 11.8 Å². The lowest BCUT2D eigenvalue weighted by Gasteiger charge is -1.94. The van der Waals surface area contributed by atoms with Crippen molar-refractivity contribution in [1.29, 1.82) is 0 Å². The molecule has 0 N–H and O–H groups in total. The van der Waals surface area contributed by atoms with Gasteiger partial charge in [0.25, 0.3) is 0 Å². The Bertz CT molecular complexity index is 28.7. The van der Waals surface area contributed by atoms with Crippen molar-refractivity contribution in [1.82, 2.24) is 0 Å². The van der Waals surface area contributed by atoms with E-state index in [-0.39, 0.29) is 0 Å². The first-order valence-corrected chi connectivity index (χ1v) is 3.99. The molecule has 0 aliphatic carbocycles. The van der Waals surface area contributed by atoms with Crippen LogP contribution in [0.5, 0.6) is 0 Å². The van der Waals surface area contributed by atoms with E-state index in [2.05, 4.69) is 29.8 Å². The maximum atomic E-state index is 3.40. The zero-order valence-electron chi connectivity index (χ0n) is 4.07. The van der Waals surface area contributed by atoms with Crippen molar-refractivity contribution in [2.24, 2.45) is 0 Å². The summed E-state index contributed by atoms with van der Waals surface area (Å²) >= 11 is 5.30. The van der Waals surface area contributed by atoms with Crippen LogP contribution in [0.3, 0.4) is 0 Å². The van der Waals surface area contributed by atoms with Gasteiger partial charge in [-0.1, -0.05) is 22.9 Å². The number of hydrogen-bond donors (Lipinski definition) is 0. The first-order valence-electron chi connectivity index (χ1n) is 2.03. The van der Waals surface area contributed by atoms with Gasteiger partial charge in [0.1, 0.15) is 0 Å². The second-order valence-corrected chi connectivity index (χ2v) is 4.60. The number of halogens is 1. The van der Waals surface area contributed by atoms with E-state index >= 15 is 0 Å². The quantitative estimate of drug-likeness (QED) is 0.572. The fraction of sp³-hybridized carbons (Fsp3) is 1.00. The molecule has 0 aromatic rings. The van der Waals surface area contributed by atoms with E-state index in [9.17, 15) is 0 Å². The van der Waals surface area contributed by atoms with Crippen LogP contribution in [0.1, 0.15) is 13.8 Å². The Labute approximate surface area is 51.8 Å². The Balaban J connectivity index is 2.63. The third-order valence-electron chi connectivity index (χ3n) is 0.396. The summed E-state index contributed by atoms with van der Waals surface area (Å²) in [6, 6.07) is 0. The largest absolute Gasteiger partial charge is 0.148 e. The van der Waals surface area contributed by atoms with Gasteiger partial charge in [0.05, 0.1) is 4.16 Å². The highest BCUT2D eigenvalue weighted by atomic mass is 79.9. The molecule has 38 valence electrons. The van der Waals surface area contributed by atoms with E-state index in [4.69, 9.17) is 0 Å². The molecule has 0 nitrogen and oxygen atoms in total. The topological polar surface area (TPSA) is 0 Å². The summed E-state index contributed by atoms with van der Waals surface area (Å²) in [7, 11) is 0. The normalized spacial score (nSPS) is 14.5. The van der Waals surface area contributed by atoms with Crippen molar-refractivity contribution in [2.75, 3.05) is 5.75 Å². The molecule has 0 fully saturated rings. The highest BCUT2D eigenvalue weighted by molar-refractivity contribution is 9.11. The lowest BCUT2D eigenvalue weighted by Crippen LogP contribution is -1.78. The first-order chi connectivity index (χ1) is 2.77. The van der Waals surface area contributed by atoms with Crippen molar-refractivity contribution in [3.63, 3.8) is 0 Å². The minimum atomic E-state index is 0.627. The van der Waals surface area contributed by atoms with Gasteiger partial charge >= 0.3 is 0 Å². The molecular formula is C4H9BrS. The molecule has 0 aromatic carbocycles. The third-order valence-corrected chi connectivity index (χ3v) is 1.98. The SMILES string of the molecule is CCSC(C)Br. The number of rotatable bonds is 2. The minimum Gasteiger partial charge on any atom is -0.148 e. The lowest BCUT2D eigenvalue weighted by molar-refractivity contribution is 1.42. The van der Waals surface area contributed by atoms with Gasteiger partial charge in [-0.25, -0.2) is 0 Å². The van der Waals surface area contributed by atoms with Crippen LogP contribution in [-0.2, 0) is 0 Å². The predicted octanol–water partition coefficient (Wildman–Crippen LogP) is 2.48. The van der Waals surface area contributed by atoms with Gasteiger partial charge in [-0.3, -0.25) is 0 Å². The van der Waals surface area contributed by atoms with Gasteiger partial charge in [-0.2, -0.15) is 0 Å². The number of thioether (sulfide) groups is 1. The molecule has 0 heterocycles. The monoisotopic (exact) mass is 168 g/mol. The fourth-order valence-electron chi connectivity index (χ4n) is 0.230. The van der Waals surface area contributed by atoms with Gasteiger partial charge in [0.2, 0.25) is 0 Å². The van der Waals surface area contributed by atoms with Gasteiger partial charge in [0.15, 0.2) is 0 Å². The molecule has 6 heavy (non-hydrogen) atoms. The Hall–Kier alpha value is 0.830. The van der Waals surface area contributed by atoms with Crippen LogP contribution in [0, 0.1) is 0 Å². The third kappa shape index (κ3) is 4.83. The Morgan fingerprint density at radius 2 is 2.33 bits per heavy atom. The lowest BCUT2D eigenvalue weighted by atomic mass is 11.0. The zero-order chi connectivity index (χ0) is 4.99. The smallest absolute Gasteiger partial charge is 0.0572 e. The van der Waals surface area contributed by atoms with Crippen molar-refractivity contribution in [3.05, 3.63) is 0 Å². The second kappa shape index (κ2) is 4.00. The summed E-state index contributed by atoms with van der Waals surface area (Å²) in [5.41, 5.74) is 0. The van der Waals surface area contributed by atoms with Gasteiger partial charge in [-0.05, 0) is 12.7 Å². The van der Waals surface area contributed by atoms with Crippen LogP contribution < -0.4 is 0 Å². The van der Waals surface area contributed by atoms with E-state index in [1.165, 1.54) is 5.75 Å². The van der Waals surface area contributed by atoms with Crippen LogP contribution in [0.15, 0.2) is 0 Å². The maximum Gasteiger partial charge on any atom is 0.0572 e. The van der Waals surface area contributed by atoms with Crippen LogP contribution >= 0.6 is 27.7 Å². The van der Waals surface area contributed by atoms with E-state index in [1.54, 1.807) is 0 Å². The van der Waals surface area contributed by atoms with Crippen molar-refractivity contribution >= 4 is 27.7 Å². The van der Waals surface area contributed by atoms with Gasteiger partial charge < -0.3 is 0 Å². The molecular weight excluding hydrogens is 160 g/mol. The summed E-state index contributed by atoms with van der Waals surface area (Å²) in [4.78, 5) is 0. The molecule has 0 radical (unpaired) electrons. The summed E-state index contributed by atoms with van der Waals surface area (Å²) in [6.07, 6.45) is 0. The molecule has 0 aliphatic heterocycles. The Morgan fingerprint density at radius 3 is 2.33 bits per heavy atom. The summed E-state index contributed by atoms with van der Waals surface area (Å²) in [5, 5.41) is 0. The van der Waals surface area contributed by atoms with Crippen LogP contribution in [-0.4, -0.2) is 9.91 Å². The Kier molecular flexibility index (Phi) is 4.56. The fourth-order valence-corrected chi connectivity index (χ4v) is 1.48. The van der Waals surface area contributed by atoms with E-state index in [0.29, 0.717) is 4.16 Å². The van der Waals surface area contributed by atoms with Crippen molar-refractivity contribution < 1.29 is 0 Å². The van der Waals surface area contributed by atoms with Crippen LogP contribution in [0.25, 0.3) is 0 Å². The molecule has 0 amide bonds. The highest BCUT2D eigenvalue weighted by Crippen LogP contribution is 2.14.